The molecule has 0 spiro atoms. The molecule has 0 aliphatic rings. The van der Waals surface area contributed by atoms with Crippen LogP contribution in [0.15, 0.2) is 24.5 Å². The Morgan fingerprint density at radius 1 is 1.58 bits per heavy atom. The average molecular weight is 166 g/mol. The predicted molar refractivity (Wildman–Crippen MR) is 43.7 cm³/mol. The monoisotopic (exact) mass is 166 g/mol. The van der Waals surface area contributed by atoms with Crippen LogP contribution in [0.4, 0.5) is 0 Å². The topological polar surface area (TPSA) is 76.2 Å². The van der Waals surface area contributed by atoms with Crippen molar-refractivity contribution in [1.29, 1.82) is 0 Å². The lowest BCUT2D eigenvalue weighted by Gasteiger charge is -2.08. The smallest absolute Gasteiger partial charge is 0.312 e. The highest BCUT2D eigenvalue weighted by Crippen LogP contribution is 2.12. The summed E-state index contributed by atoms with van der Waals surface area (Å²) in [6.07, 6.45) is 3.11. The molecular formula is C8H10N2O2. The second-order valence-corrected chi connectivity index (χ2v) is 2.41. The Morgan fingerprint density at radius 3 is 2.58 bits per heavy atom. The van der Waals surface area contributed by atoms with E-state index in [1.807, 2.05) is 0 Å². The van der Waals surface area contributed by atoms with Gasteiger partial charge in [0.05, 0.1) is 5.92 Å². The molecule has 1 heterocycles. The Bertz CT molecular complexity index is 261. The molecule has 0 saturated carbocycles. The van der Waals surface area contributed by atoms with Crippen molar-refractivity contribution in [1.82, 2.24) is 4.98 Å². The molecule has 0 unspecified atom stereocenters. The Hall–Kier alpha value is -1.42. The summed E-state index contributed by atoms with van der Waals surface area (Å²) in [5, 5.41) is 8.73. The first-order valence-electron chi connectivity index (χ1n) is 3.58. The Kier molecular flexibility index (Phi) is 2.76. The van der Waals surface area contributed by atoms with Crippen LogP contribution in [0, 0.1) is 0 Å². The number of hydrogen-bond donors (Lipinski definition) is 2. The molecule has 0 saturated heterocycles. The number of pyridine rings is 1. The van der Waals surface area contributed by atoms with Gasteiger partial charge in [0.15, 0.2) is 0 Å². The van der Waals surface area contributed by atoms with E-state index in [1.54, 1.807) is 24.5 Å². The number of nitrogens with zero attached hydrogens (tertiary/aromatic N) is 1. The molecule has 0 aromatic carbocycles. The summed E-state index contributed by atoms with van der Waals surface area (Å²) in [5.74, 6) is -1.52. The number of aliphatic carboxylic acids is 1. The SMILES string of the molecule is NC[C@@H](C(=O)O)c1ccncc1. The number of carboxylic acid groups (broad SMARTS) is 1. The molecule has 0 fully saturated rings. The summed E-state index contributed by atoms with van der Waals surface area (Å²) in [6, 6.07) is 3.32. The molecule has 1 atom stereocenters. The van der Waals surface area contributed by atoms with E-state index in [0.717, 1.165) is 0 Å². The van der Waals surface area contributed by atoms with Gasteiger partial charge in [0, 0.05) is 18.9 Å². The minimum Gasteiger partial charge on any atom is -0.481 e. The van der Waals surface area contributed by atoms with E-state index in [0.29, 0.717) is 5.56 Å². The zero-order valence-electron chi connectivity index (χ0n) is 6.47. The standard InChI is InChI=1S/C8H10N2O2/c9-5-7(8(11)12)6-1-3-10-4-2-6/h1-4,7H,5,9H2,(H,11,12)/t7-/m1/s1. The first kappa shape index (κ1) is 8.67. The Balaban J connectivity index is 2.88. The first-order chi connectivity index (χ1) is 5.75. The summed E-state index contributed by atoms with van der Waals surface area (Å²) < 4.78 is 0. The van der Waals surface area contributed by atoms with E-state index >= 15 is 0 Å². The minimum atomic E-state index is -0.899. The lowest BCUT2D eigenvalue weighted by atomic mass is 10.0. The maximum atomic E-state index is 10.6. The van der Waals surface area contributed by atoms with Gasteiger partial charge in [0.25, 0.3) is 0 Å². The van der Waals surface area contributed by atoms with E-state index in [4.69, 9.17) is 10.8 Å². The Morgan fingerprint density at radius 2 is 2.17 bits per heavy atom. The van der Waals surface area contributed by atoms with Crippen LogP contribution in [-0.4, -0.2) is 22.6 Å². The molecule has 0 amide bonds. The van der Waals surface area contributed by atoms with Gasteiger partial charge in [-0.25, -0.2) is 0 Å². The lowest BCUT2D eigenvalue weighted by Crippen LogP contribution is -2.20. The molecule has 0 radical (unpaired) electrons. The van der Waals surface area contributed by atoms with Crippen LogP contribution >= 0.6 is 0 Å². The Labute approximate surface area is 70.0 Å². The number of carbonyl (C=O) groups is 1. The van der Waals surface area contributed by atoms with Crippen molar-refractivity contribution in [3.63, 3.8) is 0 Å². The zero-order valence-corrected chi connectivity index (χ0v) is 6.47. The molecule has 12 heavy (non-hydrogen) atoms. The summed E-state index contributed by atoms with van der Waals surface area (Å²) in [6.45, 7) is 0.110. The van der Waals surface area contributed by atoms with Gasteiger partial charge in [0.2, 0.25) is 0 Å². The largest absolute Gasteiger partial charge is 0.481 e. The van der Waals surface area contributed by atoms with E-state index in [9.17, 15) is 4.79 Å². The van der Waals surface area contributed by atoms with Gasteiger partial charge in [-0.1, -0.05) is 0 Å². The fraction of sp³-hybridized carbons (Fsp3) is 0.250. The molecule has 64 valence electrons. The molecule has 3 N–H and O–H groups in total. The summed E-state index contributed by atoms with van der Waals surface area (Å²) in [7, 11) is 0. The van der Waals surface area contributed by atoms with E-state index in [2.05, 4.69) is 4.98 Å². The van der Waals surface area contributed by atoms with Gasteiger partial charge < -0.3 is 10.8 Å². The van der Waals surface area contributed by atoms with Crippen molar-refractivity contribution >= 4 is 5.97 Å². The lowest BCUT2D eigenvalue weighted by molar-refractivity contribution is -0.138. The van der Waals surface area contributed by atoms with Crippen LogP contribution in [0.3, 0.4) is 0 Å². The first-order valence-corrected chi connectivity index (χ1v) is 3.58. The number of rotatable bonds is 3. The fourth-order valence-electron chi connectivity index (χ4n) is 0.975. The third-order valence-corrected chi connectivity index (χ3v) is 1.64. The van der Waals surface area contributed by atoms with Crippen LogP contribution < -0.4 is 5.73 Å². The molecule has 1 aromatic rings. The molecule has 4 nitrogen and oxygen atoms in total. The molecular weight excluding hydrogens is 156 g/mol. The van der Waals surface area contributed by atoms with Crippen LogP contribution in [-0.2, 0) is 4.79 Å². The second-order valence-electron chi connectivity index (χ2n) is 2.41. The van der Waals surface area contributed by atoms with Crippen molar-refractivity contribution in [3.8, 4) is 0 Å². The average Bonchev–Trinajstić information content (AvgIpc) is 2.07. The number of carboxylic acids is 1. The quantitative estimate of drug-likeness (QED) is 0.672. The highest BCUT2D eigenvalue weighted by atomic mass is 16.4. The molecule has 1 aromatic heterocycles. The maximum Gasteiger partial charge on any atom is 0.312 e. The number of hydrogen-bond acceptors (Lipinski definition) is 3. The van der Waals surface area contributed by atoms with Crippen molar-refractivity contribution in [2.45, 2.75) is 5.92 Å². The van der Waals surface area contributed by atoms with E-state index < -0.39 is 11.9 Å². The second kappa shape index (κ2) is 3.82. The summed E-state index contributed by atoms with van der Waals surface area (Å²) in [4.78, 5) is 14.4. The molecule has 1 rings (SSSR count). The third-order valence-electron chi connectivity index (χ3n) is 1.64. The molecule has 0 aliphatic carbocycles. The predicted octanol–water partition coefficient (Wildman–Crippen LogP) is 0.208. The van der Waals surface area contributed by atoms with Crippen molar-refractivity contribution in [2.75, 3.05) is 6.54 Å². The van der Waals surface area contributed by atoms with E-state index in [-0.39, 0.29) is 6.54 Å². The molecule has 0 aliphatic heterocycles. The number of aromatic nitrogens is 1. The van der Waals surface area contributed by atoms with Gasteiger partial charge in [-0.3, -0.25) is 9.78 Å². The van der Waals surface area contributed by atoms with Gasteiger partial charge >= 0.3 is 5.97 Å². The summed E-state index contributed by atoms with van der Waals surface area (Å²) >= 11 is 0. The van der Waals surface area contributed by atoms with Crippen molar-refractivity contribution < 1.29 is 9.90 Å². The van der Waals surface area contributed by atoms with Gasteiger partial charge in [-0.2, -0.15) is 0 Å². The van der Waals surface area contributed by atoms with Crippen LogP contribution in [0.1, 0.15) is 11.5 Å². The maximum absolute atomic E-state index is 10.6. The highest BCUT2D eigenvalue weighted by molar-refractivity contribution is 5.76. The van der Waals surface area contributed by atoms with Crippen LogP contribution in [0.2, 0.25) is 0 Å². The molecule has 0 bridgehead atoms. The highest BCUT2D eigenvalue weighted by Gasteiger charge is 2.16. The van der Waals surface area contributed by atoms with Gasteiger partial charge in [-0.15, -0.1) is 0 Å². The normalized spacial score (nSPS) is 12.4. The number of nitrogens with two attached hydrogens (primary N) is 1. The summed E-state index contributed by atoms with van der Waals surface area (Å²) in [5.41, 5.74) is 6.00. The third kappa shape index (κ3) is 1.79. The van der Waals surface area contributed by atoms with Crippen LogP contribution in [0.5, 0.6) is 0 Å². The minimum absolute atomic E-state index is 0.110. The zero-order chi connectivity index (χ0) is 8.97. The van der Waals surface area contributed by atoms with Crippen molar-refractivity contribution in [3.05, 3.63) is 30.1 Å². The van der Waals surface area contributed by atoms with Crippen LogP contribution in [0.25, 0.3) is 0 Å². The van der Waals surface area contributed by atoms with Crippen molar-refractivity contribution in [2.24, 2.45) is 5.73 Å². The van der Waals surface area contributed by atoms with Gasteiger partial charge in [-0.05, 0) is 17.7 Å². The van der Waals surface area contributed by atoms with Gasteiger partial charge in [0.1, 0.15) is 0 Å². The van der Waals surface area contributed by atoms with E-state index in [1.165, 1.54) is 0 Å². The molecule has 4 heteroatoms. The fourth-order valence-corrected chi connectivity index (χ4v) is 0.975.